The van der Waals surface area contributed by atoms with Gasteiger partial charge in [0, 0.05) is 18.0 Å². The predicted molar refractivity (Wildman–Crippen MR) is 79.1 cm³/mol. The first kappa shape index (κ1) is 17.0. The third-order valence-corrected chi connectivity index (χ3v) is 3.42. The fraction of sp³-hybridized carbons (Fsp3) is 0.0714. The minimum absolute atomic E-state index is 0.923. The zero-order chi connectivity index (χ0) is 17.1. The van der Waals surface area contributed by atoms with E-state index in [9.17, 15) is 13.2 Å². The van der Waals surface area contributed by atoms with E-state index in [2.05, 4.69) is 46.4 Å². The number of alkyl halides is 3. The average Bonchev–Trinajstić information content (AvgIpc) is 2.99. The molecule has 0 spiro atoms. The zero-order valence-corrected chi connectivity index (χ0v) is 12.3. The number of imidazole rings is 1. The summed E-state index contributed by atoms with van der Waals surface area (Å²) in [7, 11) is -5.84. The summed E-state index contributed by atoms with van der Waals surface area (Å²) in [5.41, 5.74) is -4.38. The van der Waals surface area contributed by atoms with E-state index in [0.717, 1.165) is 11.4 Å². The van der Waals surface area contributed by atoms with Gasteiger partial charge in [-0.2, -0.15) is 21.6 Å². The number of hydrogen-bond acceptors (Lipinski definition) is 3. The van der Waals surface area contributed by atoms with Crippen molar-refractivity contribution in [1.29, 1.82) is 0 Å². The van der Waals surface area contributed by atoms with Gasteiger partial charge >= 0.3 is 15.6 Å². The molecule has 1 aromatic heterocycles. The fourth-order valence-corrected chi connectivity index (χ4v) is 1.84. The number of hydrogen-bond donors (Lipinski definition) is 2. The van der Waals surface area contributed by atoms with Crippen LogP contribution in [0.3, 0.4) is 0 Å². The standard InChI is InChI=1S/C13H10N2.CHF3O3S/c1-2-6-11-10(4-1)5-3-7-12(11)13-14-8-9-15-13;2-1(3,4)8(5,6)7/h1-9H,(H,14,15);(H,5,6,7). The maximum atomic E-state index is 10.7. The molecule has 0 amide bonds. The van der Waals surface area contributed by atoms with E-state index < -0.39 is 15.6 Å². The van der Waals surface area contributed by atoms with Gasteiger partial charge < -0.3 is 4.98 Å². The van der Waals surface area contributed by atoms with Crippen LogP contribution < -0.4 is 0 Å². The molecule has 9 heteroatoms. The van der Waals surface area contributed by atoms with Crippen molar-refractivity contribution < 1.29 is 26.1 Å². The molecule has 0 aliphatic rings. The lowest BCUT2D eigenvalue weighted by atomic mass is 10.0. The quantitative estimate of drug-likeness (QED) is 0.522. The summed E-state index contributed by atoms with van der Waals surface area (Å²) in [4.78, 5) is 7.42. The first-order valence-corrected chi connectivity index (χ1v) is 7.65. The van der Waals surface area contributed by atoms with Crippen LogP contribution in [0, 0.1) is 0 Å². The average molecular weight is 344 g/mol. The molecule has 0 saturated heterocycles. The van der Waals surface area contributed by atoms with Crippen molar-refractivity contribution in [2.45, 2.75) is 5.51 Å². The van der Waals surface area contributed by atoms with Crippen LogP contribution in [0.1, 0.15) is 0 Å². The highest BCUT2D eigenvalue weighted by atomic mass is 32.2. The van der Waals surface area contributed by atoms with Crippen LogP contribution in [-0.4, -0.2) is 28.4 Å². The maximum Gasteiger partial charge on any atom is 0.522 e. The van der Waals surface area contributed by atoms with Gasteiger partial charge in [0.15, 0.2) is 0 Å². The van der Waals surface area contributed by atoms with E-state index in [1.807, 2.05) is 12.3 Å². The summed E-state index contributed by atoms with van der Waals surface area (Å²) in [6, 6.07) is 14.6. The number of rotatable bonds is 1. The number of fused-ring (bicyclic) bond motifs is 1. The Bertz CT molecular complexity index is 886. The third-order valence-electron chi connectivity index (χ3n) is 2.84. The van der Waals surface area contributed by atoms with E-state index in [0.29, 0.717) is 0 Å². The summed E-state index contributed by atoms with van der Waals surface area (Å²) in [6.45, 7) is 0. The number of nitrogens with one attached hydrogen (secondary N) is 1. The predicted octanol–water partition coefficient (Wildman–Crippen LogP) is 3.62. The molecule has 0 aliphatic heterocycles. The lowest BCUT2D eigenvalue weighted by Crippen LogP contribution is -2.21. The van der Waals surface area contributed by atoms with Crippen LogP contribution >= 0.6 is 0 Å². The lowest BCUT2D eigenvalue weighted by Gasteiger charge is -2.02. The number of nitrogens with zero attached hydrogens (tertiary/aromatic N) is 1. The van der Waals surface area contributed by atoms with E-state index >= 15 is 0 Å². The Hall–Kier alpha value is -2.39. The van der Waals surface area contributed by atoms with Gasteiger partial charge in [0.1, 0.15) is 5.82 Å². The lowest BCUT2D eigenvalue weighted by molar-refractivity contribution is -0.0510. The van der Waals surface area contributed by atoms with Crippen LogP contribution in [0.25, 0.3) is 22.2 Å². The summed E-state index contributed by atoms with van der Waals surface area (Å²) in [5, 5.41) is 2.47. The van der Waals surface area contributed by atoms with Crippen LogP contribution in [0.2, 0.25) is 0 Å². The van der Waals surface area contributed by atoms with Gasteiger partial charge in [-0.05, 0) is 10.8 Å². The van der Waals surface area contributed by atoms with Crippen molar-refractivity contribution in [3.8, 4) is 11.4 Å². The van der Waals surface area contributed by atoms with Crippen molar-refractivity contribution in [3.63, 3.8) is 0 Å². The molecule has 0 unspecified atom stereocenters. The Morgan fingerprint density at radius 3 is 2.22 bits per heavy atom. The Morgan fingerprint density at radius 1 is 1.04 bits per heavy atom. The molecule has 0 fully saturated rings. The van der Waals surface area contributed by atoms with Crippen molar-refractivity contribution in [3.05, 3.63) is 54.9 Å². The Kier molecular flexibility index (Phi) is 4.71. The monoisotopic (exact) mass is 344 g/mol. The van der Waals surface area contributed by atoms with Gasteiger partial charge in [-0.15, -0.1) is 0 Å². The largest absolute Gasteiger partial charge is 0.522 e. The summed E-state index contributed by atoms with van der Waals surface area (Å²) >= 11 is 0. The van der Waals surface area contributed by atoms with Crippen LogP contribution in [0.5, 0.6) is 0 Å². The molecule has 3 aromatic rings. The molecule has 23 heavy (non-hydrogen) atoms. The molecule has 0 saturated carbocycles. The van der Waals surface area contributed by atoms with Crippen LogP contribution in [-0.2, 0) is 10.1 Å². The molecular weight excluding hydrogens is 333 g/mol. The number of benzene rings is 2. The number of H-pyrrole nitrogens is 1. The van der Waals surface area contributed by atoms with Crippen molar-refractivity contribution in [2.75, 3.05) is 0 Å². The molecular formula is C14H11F3N2O3S. The van der Waals surface area contributed by atoms with Gasteiger partial charge in [0.05, 0.1) is 0 Å². The van der Waals surface area contributed by atoms with Gasteiger partial charge in [0.2, 0.25) is 0 Å². The topological polar surface area (TPSA) is 83.1 Å². The van der Waals surface area contributed by atoms with Gasteiger partial charge in [-0.1, -0.05) is 42.5 Å². The fourth-order valence-electron chi connectivity index (χ4n) is 1.84. The van der Waals surface area contributed by atoms with Crippen LogP contribution in [0.15, 0.2) is 54.9 Å². The second kappa shape index (κ2) is 6.39. The van der Waals surface area contributed by atoms with Crippen molar-refractivity contribution in [1.82, 2.24) is 9.97 Å². The van der Waals surface area contributed by atoms with Crippen LogP contribution in [0.4, 0.5) is 13.2 Å². The molecule has 2 aromatic carbocycles. The molecule has 0 atom stereocenters. The van der Waals surface area contributed by atoms with E-state index in [1.165, 1.54) is 10.8 Å². The summed E-state index contributed by atoms with van der Waals surface area (Å²) < 4.78 is 57.5. The van der Waals surface area contributed by atoms with E-state index in [4.69, 9.17) is 13.0 Å². The number of aromatic nitrogens is 2. The molecule has 2 N–H and O–H groups in total. The smallest absolute Gasteiger partial charge is 0.345 e. The molecule has 0 aliphatic carbocycles. The first-order chi connectivity index (χ1) is 10.7. The van der Waals surface area contributed by atoms with E-state index in [1.54, 1.807) is 6.20 Å². The Morgan fingerprint density at radius 2 is 1.65 bits per heavy atom. The molecule has 0 radical (unpaired) electrons. The molecule has 122 valence electrons. The molecule has 1 heterocycles. The maximum absolute atomic E-state index is 10.7. The Balaban J connectivity index is 0.000000207. The second-order valence-corrected chi connectivity index (χ2v) is 5.80. The highest BCUT2D eigenvalue weighted by Gasteiger charge is 2.44. The summed E-state index contributed by atoms with van der Waals surface area (Å²) in [6.07, 6.45) is 3.62. The van der Waals surface area contributed by atoms with Crippen molar-refractivity contribution in [2.24, 2.45) is 0 Å². The normalized spacial score (nSPS) is 11.8. The van der Waals surface area contributed by atoms with Crippen molar-refractivity contribution >= 4 is 20.9 Å². The van der Waals surface area contributed by atoms with Gasteiger partial charge in [-0.25, -0.2) is 4.98 Å². The Labute approximate surface area is 129 Å². The first-order valence-electron chi connectivity index (χ1n) is 6.21. The third kappa shape index (κ3) is 4.08. The van der Waals surface area contributed by atoms with E-state index in [-0.39, 0.29) is 0 Å². The minimum atomic E-state index is -5.84. The van der Waals surface area contributed by atoms with Gasteiger partial charge in [0.25, 0.3) is 0 Å². The highest BCUT2D eigenvalue weighted by molar-refractivity contribution is 7.86. The summed E-state index contributed by atoms with van der Waals surface area (Å²) in [5.74, 6) is 0.923. The molecule has 3 rings (SSSR count). The second-order valence-electron chi connectivity index (χ2n) is 4.39. The minimum Gasteiger partial charge on any atom is -0.345 e. The molecule has 0 bridgehead atoms. The zero-order valence-electron chi connectivity index (χ0n) is 11.4. The SMILES string of the molecule is O=S(=O)(O)C(F)(F)F.c1ccc2c(-c3ncc[nH]3)cccc2c1. The highest BCUT2D eigenvalue weighted by Crippen LogP contribution is 2.25. The number of aromatic amines is 1. The van der Waals surface area contributed by atoms with Gasteiger partial charge in [-0.3, -0.25) is 4.55 Å². The molecule has 5 nitrogen and oxygen atoms in total. The number of halogens is 3.